The van der Waals surface area contributed by atoms with Crippen LogP contribution in [0.15, 0.2) is 25.0 Å². The van der Waals surface area contributed by atoms with Crippen LogP contribution in [-0.2, 0) is 6.54 Å². The molecule has 0 atom stereocenters. The van der Waals surface area contributed by atoms with Gasteiger partial charge in [0.2, 0.25) is 5.95 Å². The number of nitrogens with zero attached hydrogens (tertiary/aromatic N) is 5. The highest BCUT2D eigenvalue weighted by molar-refractivity contribution is 5.22. The molecule has 2 aromatic heterocycles. The number of nitrogens with one attached hydrogen (secondary N) is 1. The largest absolute Gasteiger partial charge is 0.354 e. The first-order valence-electron chi connectivity index (χ1n) is 6.11. The van der Waals surface area contributed by atoms with Crippen molar-refractivity contribution in [3.05, 3.63) is 30.9 Å². The molecule has 2 heterocycles. The number of anilines is 1. The summed E-state index contributed by atoms with van der Waals surface area (Å²) in [7, 11) is 0. The number of imidazole rings is 1. The van der Waals surface area contributed by atoms with E-state index in [4.69, 9.17) is 0 Å². The van der Waals surface area contributed by atoms with Gasteiger partial charge in [0.1, 0.15) is 18.5 Å². The van der Waals surface area contributed by atoms with E-state index in [0.29, 0.717) is 11.4 Å². The zero-order chi connectivity index (χ0) is 12.4. The number of aryl methyl sites for hydroxylation is 1. The van der Waals surface area contributed by atoms with Crippen molar-refractivity contribution in [3.8, 4) is 0 Å². The lowest BCUT2D eigenvalue weighted by Gasteiger charge is -2.17. The molecule has 0 radical (unpaired) electrons. The van der Waals surface area contributed by atoms with E-state index in [9.17, 15) is 0 Å². The van der Waals surface area contributed by atoms with Gasteiger partial charge in [-0.25, -0.2) is 19.9 Å². The number of rotatable bonds is 5. The molecule has 0 spiro atoms. The van der Waals surface area contributed by atoms with Crippen LogP contribution in [0, 0.1) is 12.3 Å². The Kier molecular flexibility index (Phi) is 2.70. The highest BCUT2D eigenvalue weighted by Crippen LogP contribution is 2.47. The van der Waals surface area contributed by atoms with E-state index in [0.717, 1.165) is 18.9 Å². The van der Waals surface area contributed by atoms with Crippen molar-refractivity contribution < 1.29 is 0 Å². The normalized spacial score (nSPS) is 16.5. The van der Waals surface area contributed by atoms with Gasteiger partial charge in [0, 0.05) is 30.9 Å². The van der Waals surface area contributed by atoms with E-state index < -0.39 is 0 Å². The van der Waals surface area contributed by atoms with Crippen molar-refractivity contribution in [2.24, 2.45) is 5.41 Å². The van der Waals surface area contributed by atoms with Crippen LogP contribution in [0.1, 0.15) is 18.7 Å². The second kappa shape index (κ2) is 4.36. The molecule has 18 heavy (non-hydrogen) atoms. The molecule has 1 fully saturated rings. The highest BCUT2D eigenvalue weighted by Gasteiger charge is 2.43. The predicted octanol–water partition coefficient (Wildman–Crippen LogP) is 1.27. The van der Waals surface area contributed by atoms with E-state index in [2.05, 4.69) is 29.8 Å². The van der Waals surface area contributed by atoms with Gasteiger partial charge in [-0.2, -0.15) is 0 Å². The molecule has 3 rings (SSSR count). The zero-order valence-electron chi connectivity index (χ0n) is 10.4. The number of aromatic nitrogens is 5. The molecule has 0 unspecified atom stereocenters. The lowest BCUT2D eigenvalue weighted by Crippen LogP contribution is -2.22. The van der Waals surface area contributed by atoms with E-state index in [1.165, 1.54) is 25.5 Å². The van der Waals surface area contributed by atoms with Gasteiger partial charge in [0.05, 0.1) is 0 Å². The molecule has 6 heteroatoms. The van der Waals surface area contributed by atoms with Gasteiger partial charge < -0.3 is 9.88 Å². The van der Waals surface area contributed by atoms with Crippen LogP contribution >= 0.6 is 0 Å². The summed E-state index contributed by atoms with van der Waals surface area (Å²) in [5.41, 5.74) is 0.331. The third-order valence-corrected chi connectivity index (χ3v) is 3.50. The first-order chi connectivity index (χ1) is 8.77. The quantitative estimate of drug-likeness (QED) is 0.857. The molecule has 94 valence electrons. The third-order valence-electron chi connectivity index (χ3n) is 3.50. The molecular weight excluding hydrogens is 228 g/mol. The summed E-state index contributed by atoms with van der Waals surface area (Å²) in [6, 6.07) is 0. The van der Waals surface area contributed by atoms with Gasteiger partial charge in [-0.05, 0) is 19.8 Å². The summed E-state index contributed by atoms with van der Waals surface area (Å²) in [5, 5.41) is 3.28. The maximum absolute atomic E-state index is 4.26. The van der Waals surface area contributed by atoms with Crippen LogP contribution in [0.3, 0.4) is 0 Å². The minimum absolute atomic E-state index is 0.331. The van der Waals surface area contributed by atoms with E-state index in [1.54, 1.807) is 0 Å². The predicted molar refractivity (Wildman–Crippen MR) is 66.9 cm³/mol. The average molecular weight is 244 g/mol. The Morgan fingerprint density at radius 1 is 1.28 bits per heavy atom. The summed E-state index contributed by atoms with van der Waals surface area (Å²) < 4.78 is 2.21. The van der Waals surface area contributed by atoms with Crippen molar-refractivity contribution in [2.75, 3.05) is 11.9 Å². The first-order valence-corrected chi connectivity index (χ1v) is 6.11. The zero-order valence-corrected chi connectivity index (χ0v) is 10.4. The maximum atomic E-state index is 4.26. The molecule has 2 aromatic rings. The molecule has 1 aliphatic rings. The van der Waals surface area contributed by atoms with Crippen LogP contribution < -0.4 is 5.32 Å². The fourth-order valence-electron chi connectivity index (χ4n) is 2.10. The Morgan fingerprint density at radius 2 is 2.06 bits per heavy atom. The fraction of sp³-hybridized carbons (Fsp3) is 0.500. The van der Waals surface area contributed by atoms with E-state index in [1.807, 2.05) is 19.3 Å². The van der Waals surface area contributed by atoms with Crippen molar-refractivity contribution >= 4 is 5.95 Å². The average Bonchev–Trinajstić information content (AvgIpc) is 3.06. The molecule has 0 bridgehead atoms. The Hall–Kier alpha value is -1.98. The van der Waals surface area contributed by atoms with Crippen molar-refractivity contribution in [1.82, 2.24) is 24.5 Å². The third kappa shape index (κ3) is 2.32. The minimum Gasteiger partial charge on any atom is -0.354 e. The maximum Gasteiger partial charge on any atom is 0.225 e. The molecule has 1 saturated carbocycles. The summed E-state index contributed by atoms with van der Waals surface area (Å²) >= 11 is 0. The van der Waals surface area contributed by atoms with Crippen molar-refractivity contribution in [2.45, 2.75) is 26.3 Å². The summed E-state index contributed by atoms with van der Waals surface area (Å²) in [5.74, 6) is 1.72. The molecule has 0 amide bonds. The fourth-order valence-corrected chi connectivity index (χ4v) is 2.10. The smallest absolute Gasteiger partial charge is 0.225 e. The van der Waals surface area contributed by atoms with Gasteiger partial charge in [-0.3, -0.25) is 0 Å². The molecule has 0 saturated heterocycles. The van der Waals surface area contributed by atoms with E-state index in [-0.39, 0.29) is 0 Å². The van der Waals surface area contributed by atoms with Crippen LogP contribution in [0.2, 0.25) is 0 Å². The summed E-state index contributed by atoms with van der Waals surface area (Å²) in [6.07, 6.45) is 9.39. The van der Waals surface area contributed by atoms with Crippen LogP contribution in [-0.4, -0.2) is 31.0 Å². The van der Waals surface area contributed by atoms with E-state index >= 15 is 0 Å². The Morgan fingerprint density at radius 3 is 2.67 bits per heavy atom. The van der Waals surface area contributed by atoms with Crippen LogP contribution in [0.25, 0.3) is 0 Å². The Bertz CT molecular complexity index is 516. The van der Waals surface area contributed by atoms with Crippen molar-refractivity contribution in [3.63, 3.8) is 0 Å². The topological polar surface area (TPSA) is 68.5 Å². The second-order valence-corrected chi connectivity index (χ2v) is 4.92. The van der Waals surface area contributed by atoms with Gasteiger partial charge in [-0.15, -0.1) is 0 Å². The standard InChI is InChI=1S/C12H16N6/c1-10-14-4-5-18(10)7-12(2-3-12)6-15-11-16-8-13-9-17-11/h4-5,8-9H,2-3,6-7H2,1H3,(H,13,15,16,17). The van der Waals surface area contributed by atoms with Crippen LogP contribution in [0.5, 0.6) is 0 Å². The molecule has 6 nitrogen and oxygen atoms in total. The molecule has 0 aromatic carbocycles. The highest BCUT2D eigenvalue weighted by atomic mass is 15.1. The van der Waals surface area contributed by atoms with Gasteiger partial charge >= 0.3 is 0 Å². The Balaban J connectivity index is 1.61. The van der Waals surface area contributed by atoms with Gasteiger partial charge in [0.15, 0.2) is 0 Å². The monoisotopic (exact) mass is 244 g/mol. The van der Waals surface area contributed by atoms with Gasteiger partial charge in [-0.1, -0.05) is 0 Å². The Labute approximate surface area is 106 Å². The molecule has 1 aliphatic carbocycles. The number of hydrogen-bond acceptors (Lipinski definition) is 5. The molecule has 1 N–H and O–H groups in total. The lowest BCUT2D eigenvalue weighted by atomic mass is 10.1. The second-order valence-electron chi connectivity index (χ2n) is 4.92. The molecular formula is C12H16N6. The SMILES string of the molecule is Cc1nccn1CC1(CNc2ncncn2)CC1. The van der Waals surface area contributed by atoms with Gasteiger partial charge in [0.25, 0.3) is 0 Å². The minimum atomic E-state index is 0.331. The number of hydrogen-bond donors (Lipinski definition) is 1. The summed E-state index contributed by atoms with van der Waals surface area (Å²) in [6.45, 7) is 3.95. The van der Waals surface area contributed by atoms with Crippen molar-refractivity contribution in [1.29, 1.82) is 0 Å². The molecule has 0 aliphatic heterocycles. The van der Waals surface area contributed by atoms with Crippen LogP contribution in [0.4, 0.5) is 5.95 Å². The lowest BCUT2D eigenvalue weighted by molar-refractivity contribution is 0.438. The first kappa shape index (κ1) is 11.1. The summed E-state index contributed by atoms with van der Waals surface area (Å²) in [4.78, 5) is 16.2.